The molecule has 0 bridgehead atoms. The zero-order valence-corrected chi connectivity index (χ0v) is 14.6. The van der Waals surface area contributed by atoms with Crippen LogP contribution in [0.1, 0.15) is 11.1 Å². The molecule has 0 radical (unpaired) electrons. The second-order valence-electron chi connectivity index (χ2n) is 6.11. The highest BCUT2D eigenvalue weighted by Crippen LogP contribution is 2.31. The summed E-state index contributed by atoms with van der Waals surface area (Å²) in [5.74, 6) is -0.460. The maximum absolute atomic E-state index is 12.7. The van der Waals surface area contributed by atoms with Gasteiger partial charge >= 0.3 is 6.18 Å². The first kappa shape index (κ1) is 19.3. The standard InChI is InChI=1S/C18H14F3N3O4/c1-11-5-17-15(7-16(11)24(26)27)22-10-23(17)8-13(25)9-28-14-4-2-3-12(6-14)18(19,20)21/h2-7,10H,8-9H2,1H3. The zero-order valence-electron chi connectivity index (χ0n) is 14.6. The van der Waals surface area contributed by atoms with Crippen LogP contribution in [-0.4, -0.2) is 26.9 Å². The second kappa shape index (κ2) is 7.29. The van der Waals surface area contributed by atoms with Crippen molar-refractivity contribution in [2.24, 2.45) is 0 Å². The number of halogens is 3. The largest absolute Gasteiger partial charge is 0.486 e. The summed E-state index contributed by atoms with van der Waals surface area (Å²) in [7, 11) is 0. The molecule has 0 amide bonds. The number of benzene rings is 2. The van der Waals surface area contributed by atoms with Crippen molar-refractivity contribution in [3.63, 3.8) is 0 Å². The number of Topliss-reactive ketones (excluding diaryl/α,β-unsaturated/α-hetero) is 1. The van der Waals surface area contributed by atoms with Gasteiger partial charge in [-0.25, -0.2) is 4.98 Å². The molecule has 0 spiro atoms. The van der Waals surface area contributed by atoms with Crippen molar-refractivity contribution in [3.8, 4) is 5.75 Å². The average Bonchev–Trinajstić information content (AvgIpc) is 3.00. The van der Waals surface area contributed by atoms with Gasteiger partial charge in [0.15, 0.2) is 5.78 Å². The third kappa shape index (κ3) is 4.11. The third-order valence-electron chi connectivity index (χ3n) is 4.04. The van der Waals surface area contributed by atoms with E-state index in [1.165, 1.54) is 29.1 Å². The van der Waals surface area contributed by atoms with Crippen LogP contribution >= 0.6 is 0 Å². The Morgan fingerprint density at radius 3 is 2.71 bits per heavy atom. The van der Waals surface area contributed by atoms with E-state index in [2.05, 4.69) is 4.98 Å². The molecule has 0 saturated heterocycles. The number of aromatic nitrogens is 2. The van der Waals surface area contributed by atoms with Crippen LogP contribution in [-0.2, 0) is 17.5 Å². The summed E-state index contributed by atoms with van der Waals surface area (Å²) in [6.07, 6.45) is -3.13. The Hall–Kier alpha value is -3.43. The Bertz CT molecular complexity index is 1060. The smallest absolute Gasteiger partial charge is 0.416 e. The minimum Gasteiger partial charge on any atom is -0.486 e. The van der Waals surface area contributed by atoms with Crippen molar-refractivity contribution in [2.45, 2.75) is 19.6 Å². The highest BCUT2D eigenvalue weighted by molar-refractivity contribution is 5.84. The van der Waals surface area contributed by atoms with E-state index in [1.807, 2.05) is 0 Å². The first-order valence-electron chi connectivity index (χ1n) is 8.07. The monoisotopic (exact) mass is 393 g/mol. The van der Waals surface area contributed by atoms with Crippen LogP contribution in [0.3, 0.4) is 0 Å². The van der Waals surface area contributed by atoms with E-state index in [4.69, 9.17) is 4.74 Å². The summed E-state index contributed by atoms with van der Waals surface area (Å²) in [6.45, 7) is 1.02. The fourth-order valence-corrected chi connectivity index (χ4v) is 2.68. The SMILES string of the molecule is Cc1cc2c(cc1[N+](=O)[O-])ncn2CC(=O)COc1cccc(C(F)(F)F)c1. The lowest BCUT2D eigenvalue weighted by Crippen LogP contribution is -2.17. The van der Waals surface area contributed by atoms with E-state index in [9.17, 15) is 28.1 Å². The van der Waals surface area contributed by atoms with Crippen LogP contribution < -0.4 is 4.74 Å². The number of rotatable bonds is 6. The molecule has 10 heteroatoms. The zero-order chi connectivity index (χ0) is 20.5. The van der Waals surface area contributed by atoms with Gasteiger partial charge in [0.2, 0.25) is 0 Å². The molecule has 1 aromatic heterocycles. The van der Waals surface area contributed by atoms with Gasteiger partial charge in [-0.15, -0.1) is 0 Å². The summed E-state index contributed by atoms with van der Waals surface area (Å²) < 4.78 is 44.8. The van der Waals surface area contributed by atoms with Gasteiger partial charge in [-0.2, -0.15) is 13.2 Å². The Morgan fingerprint density at radius 1 is 1.29 bits per heavy atom. The van der Waals surface area contributed by atoms with E-state index in [0.717, 1.165) is 12.1 Å². The topological polar surface area (TPSA) is 87.3 Å². The summed E-state index contributed by atoms with van der Waals surface area (Å²) in [4.78, 5) is 26.7. The molecule has 3 aromatic rings. The van der Waals surface area contributed by atoms with Gasteiger partial charge in [0.25, 0.3) is 5.69 Å². The van der Waals surface area contributed by atoms with Crippen molar-refractivity contribution < 1.29 is 27.6 Å². The quantitative estimate of drug-likeness (QED) is 0.468. The molecule has 0 fully saturated rings. The van der Waals surface area contributed by atoms with E-state index >= 15 is 0 Å². The number of alkyl halides is 3. The number of ketones is 1. The molecule has 0 saturated carbocycles. The van der Waals surface area contributed by atoms with E-state index in [-0.39, 0.29) is 18.0 Å². The maximum Gasteiger partial charge on any atom is 0.416 e. The molecule has 2 aromatic carbocycles. The number of carbonyl (C=O) groups excluding carboxylic acids is 1. The lowest BCUT2D eigenvalue weighted by atomic mass is 10.2. The van der Waals surface area contributed by atoms with Crippen LogP contribution in [0.4, 0.5) is 18.9 Å². The number of aryl methyl sites for hydroxylation is 1. The Labute approximate surface area is 156 Å². The normalized spacial score (nSPS) is 11.6. The number of imidazole rings is 1. The number of hydrogen-bond acceptors (Lipinski definition) is 5. The van der Waals surface area contributed by atoms with E-state index in [1.54, 1.807) is 13.0 Å². The minimum atomic E-state index is -4.50. The number of nitrogens with zero attached hydrogens (tertiary/aromatic N) is 3. The summed E-state index contributed by atoms with van der Waals surface area (Å²) in [5, 5.41) is 11.0. The van der Waals surface area contributed by atoms with Gasteiger partial charge in [0, 0.05) is 11.6 Å². The van der Waals surface area contributed by atoms with E-state index < -0.39 is 29.1 Å². The molecule has 28 heavy (non-hydrogen) atoms. The second-order valence-corrected chi connectivity index (χ2v) is 6.11. The number of nitro groups is 1. The fraction of sp³-hybridized carbons (Fsp3) is 0.222. The molecule has 146 valence electrons. The van der Waals surface area contributed by atoms with Gasteiger partial charge < -0.3 is 9.30 Å². The first-order chi connectivity index (χ1) is 13.1. The molecule has 0 N–H and O–H groups in total. The molecule has 7 nitrogen and oxygen atoms in total. The number of nitro benzene ring substituents is 1. The minimum absolute atomic E-state index is 0.0647. The van der Waals surface area contributed by atoms with Crippen molar-refractivity contribution in [1.29, 1.82) is 0 Å². The van der Waals surface area contributed by atoms with Gasteiger partial charge in [0.1, 0.15) is 12.4 Å². The van der Waals surface area contributed by atoms with Crippen LogP contribution in [0, 0.1) is 17.0 Å². The van der Waals surface area contributed by atoms with Gasteiger partial charge in [-0.05, 0) is 31.2 Å². The summed E-state index contributed by atoms with van der Waals surface area (Å²) in [5.41, 5.74) is 0.387. The molecule has 0 aliphatic carbocycles. The average molecular weight is 393 g/mol. The molecule has 0 unspecified atom stereocenters. The lowest BCUT2D eigenvalue weighted by Gasteiger charge is -2.10. The van der Waals surface area contributed by atoms with Crippen molar-refractivity contribution >= 4 is 22.5 Å². The van der Waals surface area contributed by atoms with Gasteiger partial charge in [-0.1, -0.05) is 6.07 Å². The predicted molar refractivity (Wildman–Crippen MR) is 93.1 cm³/mol. The van der Waals surface area contributed by atoms with Crippen molar-refractivity contribution in [3.05, 3.63) is 64.0 Å². The van der Waals surface area contributed by atoms with Gasteiger partial charge in [-0.3, -0.25) is 14.9 Å². The number of hydrogen-bond donors (Lipinski definition) is 0. The number of fused-ring (bicyclic) bond motifs is 1. The lowest BCUT2D eigenvalue weighted by molar-refractivity contribution is -0.385. The Kier molecular flexibility index (Phi) is 5.04. The number of ether oxygens (including phenoxy) is 1. The summed E-state index contributed by atoms with van der Waals surface area (Å²) >= 11 is 0. The van der Waals surface area contributed by atoms with Crippen LogP contribution in [0.5, 0.6) is 5.75 Å². The molecular formula is C18H14F3N3O4. The summed E-state index contributed by atoms with van der Waals surface area (Å²) in [6, 6.07) is 7.14. The highest BCUT2D eigenvalue weighted by atomic mass is 19.4. The van der Waals surface area contributed by atoms with Crippen molar-refractivity contribution in [2.75, 3.05) is 6.61 Å². The third-order valence-corrected chi connectivity index (χ3v) is 4.04. The highest BCUT2D eigenvalue weighted by Gasteiger charge is 2.30. The van der Waals surface area contributed by atoms with Crippen LogP contribution in [0.15, 0.2) is 42.7 Å². The van der Waals surface area contributed by atoms with Crippen LogP contribution in [0.2, 0.25) is 0 Å². The number of carbonyl (C=O) groups is 1. The molecule has 1 heterocycles. The van der Waals surface area contributed by atoms with Gasteiger partial charge in [0.05, 0.1) is 34.4 Å². The predicted octanol–water partition coefficient (Wildman–Crippen LogP) is 3.92. The molecule has 0 atom stereocenters. The molecule has 3 rings (SSSR count). The fourth-order valence-electron chi connectivity index (χ4n) is 2.68. The first-order valence-corrected chi connectivity index (χ1v) is 8.07. The van der Waals surface area contributed by atoms with Crippen LogP contribution in [0.25, 0.3) is 11.0 Å². The van der Waals surface area contributed by atoms with E-state index in [0.29, 0.717) is 16.6 Å². The van der Waals surface area contributed by atoms with Crippen molar-refractivity contribution in [1.82, 2.24) is 9.55 Å². The Morgan fingerprint density at radius 2 is 2.04 bits per heavy atom. The Balaban J connectivity index is 1.70. The molecule has 0 aliphatic rings. The maximum atomic E-state index is 12.7. The molecule has 0 aliphatic heterocycles. The molecular weight excluding hydrogens is 379 g/mol.